The third kappa shape index (κ3) is 3.10. The van der Waals surface area contributed by atoms with Crippen LogP contribution in [0.5, 0.6) is 5.75 Å². The zero-order chi connectivity index (χ0) is 19.1. The molecular weight excluding hydrogens is 352 g/mol. The minimum atomic E-state index is 0.0250. The van der Waals surface area contributed by atoms with Crippen LogP contribution in [0.25, 0.3) is 5.65 Å². The lowest BCUT2D eigenvalue weighted by molar-refractivity contribution is 0.176. The average Bonchev–Trinajstić information content (AvgIpc) is 3.14. The van der Waals surface area contributed by atoms with Crippen molar-refractivity contribution < 1.29 is 4.74 Å². The van der Waals surface area contributed by atoms with Crippen LogP contribution in [-0.4, -0.2) is 52.7 Å². The van der Waals surface area contributed by atoms with Crippen molar-refractivity contribution in [2.75, 3.05) is 38.1 Å². The summed E-state index contributed by atoms with van der Waals surface area (Å²) in [6, 6.07) is 12.4. The van der Waals surface area contributed by atoms with Gasteiger partial charge < -0.3 is 20.3 Å². The number of rotatable bonds is 3. The molecule has 0 amide bonds. The third-order valence-corrected chi connectivity index (χ3v) is 5.90. The molecule has 7 heteroatoms. The van der Waals surface area contributed by atoms with Crippen molar-refractivity contribution in [1.29, 1.82) is 0 Å². The minimum Gasteiger partial charge on any atom is -0.484 e. The fourth-order valence-electron chi connectivity index (χ4n) is 4.22. The number of hydrogen-bond acceptors (Lipinski definition) is 6. The molecule has 7 nitrogen and oxygen atoms in total. The molecule has 0 radical (unpaired) electrons. The van der Waals surface area contributed by atoms with E-state index in [4.69, 9.17) is 10.5 Å². The van der Waals surface area contributed by atoms with Crippen LogP contribution in [0.3, 0.4) is 0 Å². The van der Waals surface area contributed by atoms with E-state index in [1.54, 1.807) is 0 Å². The maximum absolute atomic E-state index is 6.41. The molecule has 0 unspecified atom stereocenters. The minimum absolute atomic E-state index is 0.0250. The van der Waals surface area contributed by atoms with E-state index < -0.39 is 0 Å². The number of anilines is 1. The van der Waals surface area contributed by atoms with Crippen LogP contribution in [0.15, 0.2) is 42.6 Å². The molecule has 0 saturated carbocycles. The monoisotopic (exact) mass is 378 g/mol. The molecular formula is C21H26N6O. The van der Waals surface area contributed by atoms with Crippen molar-refractivity contribution in [2.24, 2.45) is 5.73 Å². The molecule has 1 aliphatic carbocycles. The molecule has 1 aromatic carbocycles. The predicted molar refractivity (Wildman–Crippen MR) is 109 cm³/mol. The van der Waals surface area contributed by atoms with Crippen LogP contribution in [0, 0.1) is 0 Å². The van der Waals surface area contributed by atoms with Crippen LogP contribution >= 0.6 is 0 Å². The number of hydrogen-bond donors (Lipinski definition) is 1. The number of aromatic nitrogens is 3. The van der Waals surface area contributed by atoms with E-state index >= 15 is 0 Å². The van der Waals surface area contributed by atoms with E-state index in [2.05, 4.69) is 45.2 Å². The molecule has 28 heavy (non-hydrogen) atoms. The summed E-state index contributed by atoms with van der Waals surface area (Å²) in [5.74, 6) is 1.72. The Bertz CT molecular complexity index is 978. The van der Waals surface area contributed by atoms with Gasteiger partial charge in [0.05, 0.1) is 6.20 Å². The lowest BCUT2D eigenvalue weighted by Crippen LogP contribution is -2.45. The number of pyridine rings is 1. The molecule has 3 heterocycles. The van der Waals surface area contributed by atoms with E-state index in [1.807, 2.05) is 28.8 Å². The van der Waals surface area contributed by atoms with Gasteiger partial charge in [-0.25, -0.2) is 0 Å². The van der Waals surface area contributed by atoms with Gasteiger partial charge in [0.25, 0.3) is 0 Å². The Labute approximate surface area is 164 Å². The highest BCUT2D eigenvalue weighted by molar-refractivity contribution is 5.49. The van der Waals surface area contributed by atoms with Crippen LogP contribution < -0.4 is 15.4 Å². The molecule has 1 fully saturated rings. The summed E-state index contributed by atoms with van der Waals surface area (Å²) in [6.45, 7) is 3.97. The highest BCUT2D eigenvalue weighted by Crippen LogP contribution is 2.37. The van der Waals surface area contributed by atoms with Crippen LogP contribution in [0.4, 0.5) is 5.95 Å². The number of piperazine rings is 1. The van der Waals surface area contributed by atoms with Gasteiger partial charge in [-0.1, -0.05) is 24.3 Å². The fraction of sp³-hybridized carbons (Fsp3) is 0.429. The lowest BCUT2D eigenvalue weighted by atomic mass is 9.86. The normalized spacial score (nSPS) is 23.0. The molecule has 146 valence electrons. The first-order valence-corrected chi connectivity index (χ1v) is 9.98. The number of benzene rings is 1. The van der Waals surface area contributed by atoms with E-state index in [-0.39, 0.29) is 12.1 Å². The molecule has 0 spiro atoms. The van der Waals surface area contributed by atoms with Crippen LogP contribution in [0.2, 0.25) is 0 Å². The zero-order valence-electron chi connectivity index (χ0n) is 16.2. The summed E-state index contributed by atoms with van der Waals surface area (Å²) in [5.41, 5.74) is 9.52. The van der Waals surface area contributed by atoms with Crippen molar-refractivity contribution in [1.82, 2.24) is 19.5 Å². The van der Waals surface area contributed by atoms with E-state index in [0.29, 0.717) is 0 Å². The highest BCUT2D eigenvalue weighted by Gasteiger charge is 2.26. The van der Waals surface area contributed by atoms with Crippen LogP contribution in [-0.2, 0) is 0 Å². The number of likely N-dealkylation sites (N-methyl/N-ethyl adjacent to an activating group) is 1. The molecule has 2 aromatic heterocycles. The number of nitrogens with two attached hydrogens (primary N) is 1. The summed E-state index contributed by atoms with van der Waals surface area (Å²) >= 11 is 0. The van der Waals surface area contributed by atoms with Crippen molar-refractivity contribution in [3.8, 4) is 5.75 Å². The second-order valence-corrected chi connectivity index (χ2v) is 7.80. The van der Waals surface area contributed by atoms with Crippen molar-refractivity contribution in [3.63, 3.8) is 0 Å². The smallest absolute Gasteiger partial charge is 0.231 e. The highest BCUT2D eigenvalue weighted by atomic mass is 16.5. The topological polar surface area (TPSA) is 71.9 Å². The predicted octanol–water partition coefficient (Wildman–Crippen LogP) is 2.39. The van der Waals surface area contributed by atoms with Gasteiger partial charge in [0.1, 0.15) is 11.9 Å². The summed E-state index contributed by atoms with van der Waals surface area (Å²) in [4.78, 5) is 4.62. The molecule has 2 atom stereocenters. The quantitative estimate of drug-likeness (QED) is 0.755. The van der Waals surface area contributed by atoms with Gasteiger partial charge in [0, 0.05) is 32.2 Å². The second-order valence-electron chi connectivity index (χ2n) is 7.80. The number of nitrogens with zero attached hydrogens (tertiary/aromatic N) is 5. The first-order valence-electron chi connectivity index (χ1n) is 9.98. The Hall–Kier alpha value is -2.64. The van der Waals surface area contributed by atoms with Crippen molar-refractivity contribution in [2.45, 2.75) is 25.0 Å². The van der Waals surface area contributed by atoms with Crippen molar-refractivity contribution >= 4 is 11.6 Å². The maximum atomic E-state index is 6.41. The molecule has 3 aromatic rings. The SMILES string of the molecule is CN1CCN(c2nnc3ccc(O[C@@H]4CC[C@H](N)c5ccccc54)cn23)CC1. The molecule has 0 bridgehead atoms. The van der Waals surface area contributed by atoms with E-state index in [1.165, 1.54) is 11.1 Å². The fourth-order valence-corrected chi connectivity index (χ4v) is 4.22. The van der Waals surface area contributed by atoms with E-state index in [9.17, 15) is 0 Å². The summed E-state index contributed by atoms with van der Waals surface area (Å²) in [6.07, 6.45) is 3.89. The Morgan fingerprint density at radius 1 is 0.964 bits per heavy atom. The van der Waals surface area contributed by atoms with Gasteiger partial charge in [0.15, 0.2) is 5.65 Å². The van der Waals surface area contributed by atoms with Gasteiger partial charge >= 0.3 is 0 Å². The van der Waals surface area contributed by atoms with Gasteiger partial charge in [-0.05, 0) is 43.1 Å². The number of ether oxygens (including phenoxy) is 1. The molecule has 1 aliphatic heterocycles. The summed E-state index contributed by atoms with van der Waals surface area (Å²) < 4.78 is 8.45. The zero-order valence-corrected chi connectivity index (χ0v) is 16.2. The van der Waals surface area contributed by atoms with Gasteiger partial charge in [-0.2, -0.15) is 0 Å². The van der Waals surface area contributed by atoms with Gasteiger partial charge in [0.2, 0.25) is 5.95 Å². The maximum Gasteiger partial charge on any atom is 0.231 e. The standard InChI is InChI=1S/C21H26N6O/c1-25-10-12-26(13-11-25)21-24-23-20-9-6-15(14-27(20)21)28-19-8-7-18(22)16-4-2-3-5-17(16)19/h2-6,9,14,18-19H,7-8,10-13,22H2,1H3/t18-,19+/m0/s1. The van der Waals surface area contributed by atoms with Gasteiger partial charge in [-0.3, -0.25) is 4.40 Å². The Kier molecular flexibility index (Phi) is 4.41. The summed E-state index contributed by atoms with van der Waals surface area (Å²) in [7, 11) is 2.15. The third-order valence-electron chi connectivity index (χ3n) is 5.90. The van der Waals surface area contributed by atoms with Crippen molar-refractivity contribution in [3.05, 3.63) is 53.7 Å². The van der Waals surface area contributed by atoms with E-state index in [0.717, 1.165) is 56.4 Å². The number of fused-ring (bicyclic) bond motifs is 2. The molecule has 2 N–H and O–H groups in total. The van der Waals surface area contributed by atoms with Crippen LogP contribution in [0.1, 0.15) is 36.1 Å². The largest absolute Gasteiger partial charge is 0.484 e. The van der Waals surface area contributed by atoms with Gasteiger partial charge in [-0.15, -0.1) is 10.2 Å². The first kappa shape index (κ1) is 17.5. The second kappa shape index (κ2) is 7.07. The average molecular weight is 378 g/mol. The summed E-state index contributed by atoms with van der Waals surface area (Å²) in [5, 5.41) is 8.76. The Balaban J connectivity index is 1.43. The lowest BCUT2D eigenvalue weighted by Gasteiger charge is -2.32. The first-order chi connectivity index (χ1) is 13.7. The Morgan fingerprint density at radius 3 is 2.57 bits per heavy atom. The molecule has 2 aliphatic rings. The molecule has 5 rings (SSSR count). The molecule has 1 saturated heterocycles. The Morgan fingerprint density at radius 2 is 1.75 bits per heavy atom.